The standard InChI is InChI=1S/C11H20N4O3S/c1-13-5-4-6-15(3)19(17,18)9-7-10(11(12)16)14(2)8-9/h7-8,13H,4-6H2,1-3H3,(H2,12,16). The van der Waals surface area contributed by atoms with Crippen molar-refractivity contribution in [2.24, 2.45) is 12.8 Å². The van der Waals surface area contributed by atoms with Crippen LogP contribution >= 0.6 is 0 Å². The molecule has 0 saturated heterocycles. The topological polar surface area (TPSA) is 97.4 Å². The lowest BCUT2D eigenvalue weighted by Gasteiger charge is -2.15. The second-order valence-electron chi connectivity index (χ2n) is 4.32. The van der Waals surface area contributed by atoms with E-state index < -0.39 is 15.9 Å². The Bertz CT molecular complexity index is 550. The molecule has 0 spiro atoms. The van der Waals surface area contributed by atoms with Gasteiger partial charge in [-0.15, -0.1) is 0 Å². The average Bonchev–Trinajstić information content (AvgIpc) is 2.72. The molecule has 19 heavy (non-hydrogen) atoms. The van der Waals surface area contributed by atoms with Crippen molar-refractivity contribution in [3.8, 4) is 0 Å². The zero-order valence-electron chi connectivity index (χ0n) is 11.4. The largest absolute Gasteiger partial charge is 0.364 e. The van der Waals surface area contributed by atoms with E-state index in [0.29, 0.717) is 13.0 Å². The van der Waals surface area contributed by atoms with Crippen LogP contribution in [0.15, 0.2) is 17.2 Å². The van der Waals surface area contributed by atoms with Crippen molar-refractivity contribution in [2.75, 3.05) is 27.2 Å². The van der Waals surface area contributed by atoms with Gasteiger partial charge in [0.05, 0.1) is 0 Å². The molecule has 8 heteroatoms. The van der Waals surface area contributed by atoms with Gasteiger partial charge in [0.2, 0.25) is 10.0 Å². The first kappa shape index (κ1) is 15.7. The van der Waals surface area contributed by atoms with Crippen LogP contribution in [0, 0.1) is 0 Å². The van der Waals surface area contributed by atoms with Crippen LogP contribution in [0.2, 0.25) is 0 Å². The van der Waals surface area contributed by atoms with E-state index in [9.17, 15) is 13.2 Å². The summed E-state index contributed by atoms with van der Waals surface area (Å²) in [7, 11) is 1.33. The first-order chi connectivity index (χ1) is 8.80. The summed E-state index contributed by atoms with van der Waals surface area (Å²) < 4.78 is 27.2. The summed E-state index contributed by atoms with van der Waals surface area (Å²) in [6.45, 7) is 1.14. The molecule has 1 amide bonds. The van der Waals surface area contributed by atoms with Crippen molar-refractivity contribution in [3.63, 3.8) is 0 Å². The van der Waals surface area contributed by atoms with Crippen LogP contribution in [0.1, 0.15) is 16.9 Å². The maximum atomic E-state index is 12.3. The fourth-order valence-electron chi connectivity index (χ4n) is 1.70. The number of amides is 1. The smallest absolute Gasteiger partial charge is 0.265 e. The van der Waals surface area contributed by atoms with Crippen molar-refractivity contribution in [2.45, 2.75) is 11.3 Å². The number of aromatic nitrogens is 1. The fraction of sp³-hybridized carbons (Fsp3) is 0.545. The number of carbonyl (C=O) groups is 1. The number of nitrogens with zero attached hydrogens (tertiary/aromatic N) is 2. The number of sulfonamides is 1. The first-order valence-electron chi connectivity index (χ1n) is 5.87. The second-order valence-corrected chi connectivity index (χ2v) is 6.36. The molecular formula is C11H20N4O3S. The van der Waals surface area contributed by atoms with Gasteiger partial charge >= 0.3 is 0 Å². The molecule has 0 radical (unpaired) electrons. The van der Waals surface area contributed by atoms with E-state index >= 15 is 0 Å². The molecule has 1 heterocycles. The quantitative estimate of drug-likeness (QED) is 0.652. The minimum absolute atomic E-state index is 0.0794. The van der Waals surface area contributed by atoms with Crippen molar-refractivity contribution in [1.82, 2.24) is 14.2 Å². The SMILES string of the molecule is CNCCCN(C)S(=O)(=O)c1cc(C(N)=O)n(C)c1. The second kappa shape index (κ2) is 6.18. The molecule has 0 atom stereocenters. The normalized spacial score (nSPS) is 12.0. The highest BCUT2D eigenvalue weighted by Gasteiger charge is 2.23. The number of carbonyl (C=O) groups excluding carboxylic acids is 1. The molecule has 3 N–H and O–H groups in total. The number of nitrogens with two attached hydrogens (primary N) is 1. The summed E-state index contributed by atoms with van der Waals surface area (Å²) in [6.07, 6.45) is 2.10. The van der Waals surface area contributed by atoms with Crippen molar-refractivity contribution < 1.29 is 13.2 Å². The number of nitrogens with one attached hydrogen (secondary N) is 1. The molecule has 108 valence electrons. The summed E-state index contributed by atoms with van der Waals surface area (Å²) in [6, 6.07) is 1.30. The Hall–Kier alpha value is -1.38. The van der Waals surface area contributed by atoms with E-state index in [0.717, 1.165) is 6.54 Å². The molecule has 1 aromatic heterocycles. The van der Waals surface area contributed by atoms with Crippen LogP contribution in [0.25, 0.3) is 0 Å². The van der Waals surface area contributed by atoms with E-state index in [1.165, 1.54) is 28.2 Å². The Morgan fingerprint density at radius 1 is 1.53 bits per heavy atom. The highest BCUT2D eigenvalue weighted by atomic mass is 32.2. The maximum Gasteiger partial charge on any atom is 0.265 e. The van der Waals surface area contributed by atoms with Crippen molar-refractivity contribution in [1.29, 1.82) is 0 Å². The van der Waals surface area contributed by atoms with Crippen LogP contribution in [-0.2, 0) is 17.1 Å². The van der Waals surface area contributed by atoms with Crippen molar-refractivity contribution in [3.05, 3.63) is 18.0 Å². The summed E-state index contributed by atoms with van der Waals surface area (Å²) >= 11 is 0. The van der Waals surface area contributed by atoms with Gasteiger partial charge in [0.15, 0.2) is 0 Å². The van der Waals surface area contributed by atoms with Crippen molar-refractivity contribution >= 4 is 15.9 Å². The molecule has 7 nitrogen and oxygen atoms in total. The molecule has 0 unspecified atom stereocenters. The van der Waals surface area contributed by atoms with E-state index in [1.54, 1.807) is 7.05 Å². The molecular weight excluding hydrogens is 268 g/mol. The lowest BCUT2D eigenvalue weighted by Crippen LogP contribution is -2.29. The number of aryl methyl sites for hydroxylation is 1. The summed E-state index contributed by atoms with van der Waals surface area (Å²) in [4.78, 5) is 11.2. The molecule has 1 rings (SSSR count). The monoisotopic (exact) mass is 288 g/mol. The Balaban J connectivity index is 2.94. The first-order valence-corrected chi connectivity index (χ1v) is 7.31. The van der Waals surface area contributed by atoms with E-state index in [1.807, 2.05) is 7.05 Å². The predicted octanol–water partition coefficient (Wildman–Crippen LogP) is -0.646. The zero-order valence-corrected chi connectivity index (χ0v) is 12.2. The third kappa shape index (κ3) is 3.55. The van der Waals surface area contributed by atoms with Gasteiger partial charge in [-0.25, -0.2) is 12.7 Å². The highest BCUT2D eigenvalue weighted by molar-refractivity contribution is 7.89. The molecule has 0 aliphatic carbocycles. The van der Waals surface area contributed by atoms with Gasteiger partial charge in [0.1, 0.15) is 10.6 Å². The van der Waals surface area contributed by atoms with Crippen LogP contribution in [0.5, 0.6) is 0 Å². The Morgan fingerprint density at radius 2 is 2.16 bits per heavy atom. The van der Waals surface area contributed by atoms with E-state index in [-0.39, 0.29) is 10.6 Å². The highest BCUT2D eigenvalue weighted by Crippen LogP contribution is 2.17. The third-order valence-electron chi connectivity index (χ3n) is 2.84. The molecule has 1 aromatic rings. The van der Waals surface area contributed by atoms with Crippen LogP contribution < -0.4 is 11.1 Å². The minimum atomic E-state index is -3.58. The van der Waals surface area contributed by atoms with Gasteiger partial charge < -0.3 is 15.6 Å². The van der Waals surface area contributed by atoms with E-state index in [4.69, 9.17) is 5.73 Å². The zero-order chi connectivity index (χ0) is 14.6. The lowest BCUT2D eigenvalue weighted by molar-refractivity contribution is 0.0992. The fourth-order valence-corrected chi connectivity index (χ4v) is 2.98. The molecule has 0 aliphatic heterocycles. The van der Waals surface area contributed by atoms with Crippen LogP contribution in [-0.4, -0.2) is 50.4 Å². The summed E-state index contributed by atoms with van der Waals surface area (Å²) in [5, 5.41) is 2.96. The van der Waals surface area contributed by atoms with Gasteiger partial charge in [0.25, 0.3) is 5.91 Å². The van der Waals surface area contributed by atoms with Crippen LogP contribution in [0.4, 0.5) is 0 Å². The van der Waals surface area contributed by atoms with Gasteiger partial charge in [-0.1, -0.05) is 0 Å². The number of hydrogen-bond donors (Lipinski definition) is 2. The Morgan fingerprint density at radius 3 is 2.63 bits per heavy atom. The third-order valence-corrected chi connectivity index (χ3v) is 4.66. The number of rotatable bonds is 7. The number of primary amides is 1. The van der Waals surface area contributed by atoms with Crippen LogP contribution in [0.3, 0.4) is 0 Å². The maximum absolute atomic E-state index is 12.3. The average molecular weight is 288 g/mol. The minimum Gasteiger partial charge on any atom is -0.364 e. The molecule has 0 bridgehead atoms. The summed E-state index contributed by atoms with van der Waals surface area (Å²) in [5.41, 5.74) is 5.34. The van der Waals surface area contributed by atoms with Gasteiger partial charge in [-0.3, -0.25) is 4.79 Å². The van der Waals surface area contributed by atoms with Gasteiger partial charge in [-0.2, -0.15) is 0 Å². The Labute approximate surface area is 113 Å². The number of hydrogen-bond acceptors (Lipinski definition) is 4. The molecule has 0 aliphatic rings. The van der Waals surface area contributed by atoms with Gasteiger partial charge in [-0.05, 0) is 26.1 Å². The molecule has 0 saturated carbocycles. The molecule has 0 fully saturated rings. The lowest BCUT2D eigenvalue weighted by atomic mass is 10.4. The van der Waals surface area contributed by atoms with E-state index in [2.05, 4.69) is 5.32 Å². The predicted molar refractivity (Wildman–Crippen MR) is 72.3 cm³/mol. The van der Waals surface area contributed by atoms with Gasteiger partial charge in [0, 0.05) is 26.8 Å². The molecule has 0 aromatic carbocycles. The summed E-state index contributed by atoms with van der Waals surface area (Å²) in [5.74, 6) is -0.651. The Kier molecular flexibility index (Phi) is 5.10.